The predicted octanol–water partition coefficient (Wildman–Crippen LogP) is 4.94. The second kappa shape index (κ2) is 5.04. The minimum absolute atomic E-state index is 0.396. The molecule has 0 bridgehead atoms. The zero-order valence-corrected chi connectivity index (χ0v) is 11.1. The molecule has 1 aromatic carbocycles. The van der Waals surface area contributed by atoms with Crippen LogP contribution in [0.1, 0.15) is 0 Å². The van der Waals surface area contributed by atoms with Gasteiger partial charge in [0.15, 0.2) is 0 Å². The molecular weight excluding hydrogens is 313 g/mol. The van der Waals surface area contributed by atoms with E-state index >= 15 is 0 Å². The summed E-state index contributed by atoms with van der Waals surface area (Å²) in [6, 6.07) is 6.97. The Kier molecular flexibility index (Phi) is 3.69. The Balaban J connectivity index is 2.35. The van der Waals surface area contributed by atoms with Crippen LogP contribution >= 0.6 is 39.1 Å². The average Bonchev–Trinajstić information content (AvgIpc) is 2.28. The molecule has 0 aliphatic carbocycles. The number of nitrogens with zero attached hydrogens (tertiary/aromatic N) is 1. The van der Waals surface area contributed by atoms with Crippen molar-refractivity contribution in [3.63, 3.8) is 0 Å². The Labute approximate surface area is 111 Å². The Morgan fingerprint density at radius 1 is 1.12 bits per heavy atom. The first kappa shape index (κ1) is 11.7. The number of rotatable bonds is 2. The topological polar surface area (TPSA) is 22.1 Å². The van der Waals surface area contributed by atoms with Crippen LogP contribution in [0.3, 0.4) is 0 Å². The molecular formula is C11H6BrCl2NO. The minimum Gasteiger partial charge on any atom is -0.454 e. The molecule has 0 unspecified atom stereocenters. The largest absolute Gasteiger partial charge is 0.454 e. The summed E-state index contributed by atoms with van der Waals surface area (Å²) < 4.78 is 6.37. The molecule has 0 fully saturated rings. The van der Waals surface area contributed by atoms with Crippen LogP contribution in [0.15, 0.2) is 41.1 Å². The summed E-state index contributed by atoms with van der Waals surface area (Å²) >= 11 is 15.2. The van der Waals surface area contributed by atoms with Crippen LogP contribution in [-0.4, -0.2) is 4.98 Å². The third kappa shape index (κ3) is 2.48. The molecule has 2 nitrogen and oxygen atoms in total. The van der Waals surface area contributed by atoms with Crippen molar-refractivity contribution in [1.29, 1.82) is 0 Å². The summed E-state index contributed by atoms with van der Waals surface area (Å²) in [5, 5.41) is 0.859. The second-order valence-corrected chi connectivity index (χ2v) is 4.60. The normalized spacial score (nSPS) is 10.2. The molecule has 0 N–H and O–H groups in total. The summed E-state index contributed by atoms with van der Waals surface area (Å²) in [5.74, 6) is 1.15. The lowest BCUT2D eigenvalue weighted by Crippen LogP contribution is -1.87. The van der Waals surface area contributed by atoms with Crippen molar-refractivity contribution in [1.82, 2.24) is 4.98 Å². The summed E-state index contributed by atoms with van der Waals surface area (Å²) in [4.78, 5) is 3.94. The molecule has 0 spiro atoms. The van der Waals surface area contributed by atoms with Crippen LogP contribution in [-0.2, 0) is 0 Å². The Morgan fingerprint density at radius 3 is 2.69 bits per heavy atom. The Bertz CT molecular complexity index is 519. The predicted molar refractivity (Wildman–Crippen MR) is 68.5 cm³/mol. The molecule has 82 valence electrons. The van der Waals surface area contributed by atoms with Crippen molar-refractivity contribution in [2.45, 2.75) is 0 Å². The average molecular weight is 319 g/mol. The van der Waals surface area contributed by atoms with E-state index in [4.69, 9.17) is 27.9 Å². The molecule has 1 heterocycles. The van der Waals surface area contributed by atoms with Crippen LogP contribution in [0.4, 0.5) is 0 Å². The molecule has 1 aromatic heterocycles. The van der Waals surface area contributed by atoms with Crippen LogP contribution in [0.2, 0.25) is 10.0 Å². The third-order valence-corrected chi connectivity index (χ3v) is 3.27. The second-order valence-electron chi connectivity index (χ2n) is 2.96. The SMILES string of the molecule is Clc1cccc(Oc2ccncc2Br)c1Cl. The quantitative estimate of drug-likeness (QED) is 0.782. The van der Waals surface area contributed by atoms with E-state index in [1.807, 2.05) is 0 Å². The fourth-order valence-electron chi connectivity index (χ4n) is 1.13. The van der Waals surface area contributed by atoms with E-state index < -0.39 is 0 Å². The van der Waals surface area contributed by atoms with E-state index in [1.54, 1.807) is 36.7 Å². The molecule has 0 atom stereocenters. The van der Waals surface area contributed by atoms with Gasteiger partial charge in [-0.2, -0.15) is 0 Å². The van der Waals surface area contributed by atoms with Crippen LogP contribution < -0.4 is 4.74 Å². The van der Waals surface area contributed by atoms with Crippen LogP contribution in [0.25, 0.3) is 0 Å². The third-order valence-electron chi connectivity index (χ3n) is 1.87. The molecule has 0 aliphatic heterocycles. The van der Waals surface area contributed by atoms with Gasteiger partial charge < -0.3 is 4.74 Å². The Hall–Kier alpha value is -0.770. The molecule has 2 aromatic rings. The van der Waals surface area contributed by atoms with Gasteiger partial charge in [-0.15, -0.1) is 0 Å². The van der Waals surface area contributed by atoms with E-state index in [0.717, 1.165) is 4.47 Å². The van der Waals surface area contributed by atoms with Gasteiger partial charge in [0.1, 0.15) is 16.5 Å². The molecule has 0 saturated carbocycles. The highest BCUT2D eigenvalue weighted by Gasteiger charge is 2.08. The highest BCUT2D eigenvalue weighted by atomic mass is 79.9. The van der Waals surface area contributed by atoms with Crippen molar-refractivity contribution in [2.24, 2.45) is 0 Å². The number of hydrogen-bond acceptors (Lipinski definition) is 2. The maximum Gasteiger partial charge on any atom is 0.147 e. The first-order valence-corrected chi connectivity index (χ1v) is 5.95. The fourth-order valence-corrected chi connectivity index (χ4v) is 1.79. The maximum absolute atomic E-state index is 6.01. The summed E-state index contributed by atoms with van der Waals surface area (Å²) in [7, 11) is 0. The van der Waals surface area contributed by atoms with Crippen molar-refractivity contribution in [3.8, 4) is 11.5 Å². The number of ether oxygens (including phenoxy) is 1. The molecule has 0 radical (unpaired) electrons. The maximum atomic E-state index is 6.01. The van der Waals surface area contributed by atoms with E-state index in [-0.39, 0.29) is 0 Å². The Morgan fingerprint density at radius 2 is 1.94 bits per heavy atom. The van der Waals surface area contributed by atoms with Gasteiger partial charge in [0.25, 0.3) is 0 Å². The van der Waals surface area contributed by atoms with Gasteiger partial charge in [-0.1, -0.05) is 29.3 Å². The lowest BCUT2D eigenvalue weighted by molar-refractivity contribution is 0.479. The summed E-state index contributed by atoms with van der Waals surface area (Å²) in [6.07, 6.45) is 3.28. The first-order valence-electron chi connectivity index (χ1n) is 4.40. The first-order chi connectivity index (χ1) is 7.68. The fraction of sp³-hybridized carbons (Fsp3) is 0. The van der Waals surface area contributed by atoms with Gasteiger partial charge >= 0.3 is 0 Å². The highest BCUT2D eigenvalue weighted by molar-refractivity contribution is 9.10. The molecule has 0 saturated heterocycles. The van der Waals surface area contributed by atoms with Crippen LogP contribution in [0, 0.1) is 0 Å². The van der Waals surface area contributed by atoms with Gasteiger partial charge in [0.05, 0.1) is 9.50 Å². The lowest BCUT2D eigenvalue weighted by Gasteiger charge is -2.09. The molecule has 2 rings (SSSR count). The van der Waals surface area contributed by atoms with Gasteiger partial charge in [0, 0.05) is 18.5 Å². The van der Waals surface area contributed by atoms with Crippen molar-refractivity contribution in [3.05, 3.63) is 51.2 Å². The van der Waals surface area contributed by atoms with Gasteiger partial charge in [-0.25, -0.2) is 0 Å². The number of pyridine rings is 1. The molecule has 16 heavy (non-hydrogen) atoms. The van der Waals surface area contributed by atoms with Crippen molar-refractivity contribution >= 4 is 39.1 Å². The highest BCUT2D eigenvalue weighted by Crippen LogP contribution is 2.36. The molecule has 0 aliphatic rings. The summed E-state index contributed by atoms with van der Waals surface area (Å²) in [6.45, 7) is 0. The van der Waals surface area contributed by atoms with Gasteiger partial charge in [0.2, 0.25) is 0 Å². The minimum atomic E-state index is 0.396. The monoisotopic (exact) mass is 317 g/mol. The zero-order valence-electron chi connectivity index (χ0n) is 7.95. The standard InChI is InChI=1S/C11H6BrCl2NO/c12-7-6-15-5-4-9(7)16-10-3-1-2-8(13)11(10)14/h1-6H. The molecule has 0 amide bonds. The van der Waals surface area contributed by atoms with Crippen molar-refractivity contribution in [2.75, 3.05) is 0 Å². The number of aromatic nitrogens is 1. The summed E-state index contributed by atoms with van der Waals surface area (Å²) in [5.41, 5.74) is 0. The number of halogens is 3. The number of benzene rings is 1. The van der Waals surface area contributed by atoms with E-state index in [0.29, 0.717) is 21.5 Å². The van der Waals surface area contributed by atoms with Crippen LogP contribution in [0.5, 0.6) is 11.5 Å². The van der Waals surface area contributed by atoms with Gasteiger partial charge in [-0.3, -0.25) is 4.98 Å². The smallest absolute Gasteiger partial charge is 0.147 e. The molecule has 5 heteroatoms. The van der Waals surface area contributed by atoms with E-state index in [2.05, 4.69) is 20.9 Å². The zero-order chi connectivity index (χ0) is 11.5. The number of hydrogen-bond donors (Lipinski definition) is 0. The van der Waals surface area contributed by atoms with E-state index in [1.165, 1.54) is 0 Å². The van der Waals surface area contributed by atoms with E-state index in [9.17, 15) is 0 Å². The van der Waals surface area contributed by atoms with Crippen molar-refractivity contribution < 1.29 is 4.74 Å². The lowest BCUT2D eigenvalue weighted by atomic mass is 10.3. The van der Waals surface area contributed by atoms with Gasteiger partial charge in [-0.05, 0) is 28.1 Å².